The quantitative estimate of drug-likeness (QED) is 0.309. The van der Waals surface area contributed by atoms with Gasteiger partial charge in [0.05, 0.1) is 12.2 Å². The number of hydrogen-bond donors (Lipinski definition) is 3. The number of amides is 1. The van der Waals surface area contributed by atoms with E-state index in [0.29, 0.717) is 31.3 Å². The van der Waals surface area contributed by atoms with Crippen molar-refractivity contribution in [3.05, 3.63) is 40.8 Å². The first-order valence-electron chi connectivity index (χ1n) is 9.14. The Morgan fingerprint density at radius 2 is 1.96 bits per heavy atom. The highest BCUT2D eigenvalue weighted by molar-refractivity contribution is 14.0. The minimum Gasteiger partial charge on any atom is -0.357 e. The predicted octanol–water partition coefficient (Wildman–Crippen LogP) is 2.44. The van der Waals surface area contributed by atoms with Gasteiger partial charge in [-0.1, -0.05) is 6.07 Å². The summed E-state index contributed by atoms with van der Waals surface area (Å²) in [6, 6.07) is 3.71. The highest BCUT2D eigenvalue weighted by Gasteiger charge is 2.09. The Kier molecular flexibility index (Phi) is 9.91. The summed E-state index contributed by atoms with van der Waals surface area (Å²) in [6.45, 7) is 9.76. The summed E-state index contributed by atoms with van der Waals surface area (Å²) in [6.07, 6.45) is 2.05. The van der Waals surface area contributed by atoms with Crippen LogP contribution in [0, 0.1) is 20.8 Å². The fourth-order valence-electron chi connectivity index (χ4n) is 2.59. The molecule has 0 unspecified atom stereocenters. The average Bonchev–Trinajstić information content (AvgIpc) is 2.87. The van der Waals surface area contributed by atoms with E-state index in [1.165, 1.54) is 0 Å². The molecular weight excluding hydrogens is 469 g/mol. The van der Waals surface area contributed by atoms with Crippen LogP contribution in [0.25, 0.3) is 0 Å². The smallest absolute Gasteiger partial charge is 0.227 e. The summed E-state index contributed by atoms with van der Waals surface area (Å²) in [5, 5.41) is 13.6. The molecule has 0 bridgehead atoms. The normalized spacial score (nSPS) is 11.0. The maximum Gasteiger partial charge on any atom is 0.227 e. The second-order valence-electron chi connectivity index (χ2n) is 6.41. The van der Waals surface area contributed by atoms with Crippen molar-refractivity contribution >= 4 is 41.7 Å². The van der Waals surface area contributed by atoms with Gasteiger partial charge in [0.2, 0.25) is 5.91 Å². The van der Waals surface area contributed by atoms with Crippen molar-refractivity contribution in [3.8, 4) is 0 Å². The van der Waals surface area contributed by atoms with Crippen LogP contribution in [0.15, 0.2) is 23.3 Å². The number of carbonyl (C=O) groups is 1. The molecule has 2 aromatic rings. The second-order valence-corrected chi connectivity index (χ2v) is 6.41. The van der Waals surface area contributed by atoms with Gasteiger partial charge < -0.3 is 16.0 Å². The molecule has 0 aliphatic rings. The van der Waals surface area contributed by atoms with Crippen LogP contribution in [0.5, 0.6) is 0 Å². The Labute approximate surface area is 183 Å². The van der Waals surface area contributed by atoms with Gasteiger partial charge in [0, 0.05) is 44.0 Å². The lowest BCUT2D eigenvalue weighted by Gasteiger charge is -2.11. The summed E-state index contributed by atoms with van der Waals surface area (Å²) in [5.41, 5.74) is 4.27. The molecule has 0 radical (unpaired) electrons. The van der Waals surface area contributed by atoms with Crippen LogP contribution in [0.4, 0.5) is 5.82 Å². The van der Waals surface area contributed by atoms with Gasteiger partial charge in [-0.15, -0.1) is 24.0 Å². The number of pyridine rings is 1. The first kappa shape index (κ1) is 23.9. The van der Waals surface area contributed by atoms with Crippen molar-refractivity contribution < 1.29 is 4.79 Å². The van der Waals surface area contributed by atoms with Gasteiger partial charge in [-0.25, -0.2) is 9.98 Å². The molecule has 2 heterocycles. The van der Waals surface area contributed by atoms with Gasteiger partial charge in [0.25, 0.3) is 0 Å². The molecule has 3 N–H and O–H groups in total. The van der Waals surface area contributed by atoms with Crippen LogP contribution in [-0.4, -0.2) is 39.7 Å². The van der Waals surface area contributed by atoms with Crippen LogP contribution in [0.1, 0.15) is 35.9 Å². The highest BCUT2D eigenvalue weighted by atomic mass is 127. The Balaban J connectivity index is 0.00000392. The van der Waals surface area contributed by atoms with Gasteiger partial charge in [0.15, 0.2) is 5.96 Å². The molecule has 0 fully saturated rings. The molecule has 0 spiro atoms. The third-order valence-corrected chi connectivity index (χ3v) is 4.22. The van der Waals surface area contributed by atoms with Crippen LogP contribution in [0.3, 0.4) is 0 Å². The molecule has 1 amide bonds. The maximum atomic E-state index is 12.0. The summed E-state index contributed by atoms with van der Waals surface area (Å²) >= 11 is 0. The number of aliphatic imine (C=N–C) groups is 1. The number of halogens is 1. The summed E-state index contributed by atoms with van der Waals surface area (Å²) in [5.74, 6) is 1.16. The molecule has 0 saturated heterocycles. The van der Waals surface area contributed by atoms with Crippen molar-refractivity contribution in [2.24, 2.45) is 12.0 Å². The van der Waals surface area contributed by atoms with Crippen LogP contribution >= 0.6 is 24.0 Å². The van der Waals surface area contributed by atoms with Crippen molar-refractivity contribution in [1.82, 2.24) is 25.4 Å². The molecule has 0 saturated carbocycles. The fourth-order valence-corrected chi connectivity index (χ4v) is 2.59. The Morgan fingerprint density at radius 3 is 2.54 bits per heavy atom. The topological polar surface area (TPSA) is 96.2 Å². The molecule has 0 aliphatic heterocycles. The molecule has 28 heavy (non-hydrogen) atoms. The van der Waals surface area contributed by atoms with E-state index in [2.05, 4.69) is 31.0 Å². The lowest BCUT2D eigenvalue weighted by Crippen LogP contribution is -2.38. The SMILES string of the molecule is CCNC(=NCc1c(C)nn(C)c1C)NCCC(=O)Nc1ccc(C)cn1.I. The summed E-state index contributed by atoms with van der Waals surface area (Å²) in [7, 11) is 1.93. The zero-order valence-electron chi connectivity index (χ0n) is 17.2. The number of guanidine groups is 1. The zero-order valence-corrected chi connectivity index (χ0v) is 19.5. The first-order valence-corrected chi connectivity index (χ1v) is 9.14. The monoisotopic (exact) mass is 499 g/mol. The van der Waals surface area contributed by atoms with Crippen molar-refractivity contribution in [2.45, 2.75) is 40.7 Å². The van der Waals surface area contributed by atoms with Crippen LogP contribution in [-0.2, 0) is 18.4 Å². The fraction of sp³-hybridized carbons (Fsp3) is 0.474. The van der Waals surface area contributed by atoms with E-state index in [4.69, 9.17) is 0 Å². The predicted molar refractivity (Wildman–Crippen MR) is 123 cm³/mol. The lowest BCUT2D eigenvalue weighted by molar-refractivity contribution is -0.116. The molecule has 0 aliphatic carbocycles. The minimum atomic E-state index is -0.0892. The minimum absolute atomic E-state index is 0. The van der Waals surface area contributed by atoms with Gasteiger partial charge in [-0.2, -0.15) is 5.10 Å². The molecule has 2 aromatic heterocycles. The standard InChI is InChI=1S/C19H29N7O.HI/c1-6-20-19(23-12-16-14(3)25-26(5)15(16)4)21-10-9-18(27)24-17-8-7-13(2)11-22-17;/h7-8,11H,6,9-10,12H2,1-5H3,(H2,20,21,23)(H,22,24,27);1H. The number of hydrogen-bond acceptors (Lipinski definition) is 4. The van der Waals surface area contributed by atoms with Gasteiger partial charge >= 0.3 is 0 Å². The number of carbonyl (C=O) groups excluding carboxylic acids is 1. The van der Waals surface area contributed by atoms with Crippen LogP contribution in [0.2, 0.25) is 0 Å². The van der Waals surface area contributed by atoms with E-state index in [1.54, 1.807) is 12.3 Å². The second kappa shape index (κ2) is 11.6. The molecule has 2 rings (SSSR count). The highest BCUT2D eigenvalue weighted by Crippen LogP contribution is 2.12. The Morgan fingerprint density at radius 1 is 1.21 bits per heavy atom. The summed E-state index contributed by atoms with van der Waals surface area (Å²) in [4.78, 5) is 20.8. The van der Waals surface area contributed by atoms with E-state index in [0.717, 1.165) is 29.1 Å². The average molecular weight is 499 g/mol. The Bertz CT molecular complexity index is 799. The van der Waals surface area contributed by atoms with Gasteiger partial charge in [0.1, 0.15) is 5.82 Å². The third kappa shape index (κ3) is 7.10. The largest absolute Gasteiger partial charge is 0.357 e. The number of aryl methyl sites for hydroxylation is 3. The van der Waals surface area contributed by atoms with E-state index in [-0.39, 0.29) is 29.9 Å². The van der Waals surface area contributed by atoms with Gasteiger partial charge in [-0.3, -0.25) is 9.48 Å². The number of aromatic nitrogens is 3. The van der Waals surface area contributed by atoms with E-state index >= 15 is 0 Å². The first-order chi connectivity index (χ1) is 12.9. The van der Waals surface area contributed by atoms with E-state index in [1.807, 2.05) is 45.5 Å². The van der Waals surface area contributed by atoms with E-state index < -0.39 is 0 Å². The molecule has 154 valence electrons. The number of anilines is 1. The zero-order chi connectivity index (χ0) is 19.8. The van der Waals surface area contributed by atoms with E-state index in [9.17, 15) is 4.79 Å². The Hall–Kier alpha value is -2.17. The van der Waals surface area contributed by atoms with Crippen molar-refractivity contribution in [3.63, 3.8) is 0 Å². The van der Waals surface area contributed by atoms with Crippen molar-refractivity contribution in [2.75, 3.05) is 18.4 Å². The molecule has 0 atom stereocenters. The van der Waals surface area contributed by atoms with Crippen molar-refractivity contribution in [1.29, 1.82) is 0 Å². The number of nitrogens with zero attached hydrogens (tertiary/aromatic N) is 4. The third-order valence-electron chi connectivity index (χ3n) is 4.22. The number of rotatable bonds is 7. The summed E-state index contributed by atoms with van der Waals surface area (Å²) < 4.78 is 1.87. The van der Waals surface area contributed by atoms with Crippen LogP contribution < -0.4 is 16.0 Å². The molecular formula is C19H30IN7O. The van der Waals surface area contributed by atoms with Gasteiger partial charge in [-0.05, 0) is 39.3 Å². The maximum absolute atomic E-state index is 12.0. The number of nitrogens with one attached hydrogen (secondary N) is 3. The molecule has 0 aromatic carbocycles. The molecule has 8 nitrogen and oxygen atoms in total. The lowest BCUT2D eigenvalue weighted by atomic mass is 10.2. The molecule has 9 heteroatoms.